The lowest BCUT2D eigenvalue weighted by Crippen LogP contribution is -2.33. The molecule has 3 saturated carbocycles. The molecule has 0 saturated heterocycles. The van der Waals surface area contributed by atoms with Crippen molar-refractivity contribution in [3.8, 4) is 0 Å². The van der Waals surface area contributed by atoms with Gasteiger partial charge in [0.05, 0.1) is 0 Å². The van der Waals surface area contributed by atoms with Crippen LogP contribution in [0, 0.1) is 35.5 Å². The first-order valence-corrected chi connectivity index (χ1v) is 11.3. The maximum atomic E-state index is 2.69. The monoisotopic (exact) mass is 318 g/mol. The lowest BCUT2D eigenvalue weighted by molar-refractivity contribution is 0.0827. The number of rotatable bonds is 2. The molecule has 3 unspecified atom stereocenters. The zero-order valence-electron chi connectivity index (χ0n) is 16.1. The Morgan fingerprint density at radius 2 is 0.870 bits per heavy atom. The summed E-state index contributed by atoms with van der Waals surface area (Å²) in [7, 11) is 0. The zero-order chi connectivity index (χ0) is 16.1. The molecule has 0 heterocycles. The molecule has 0 N–H and O–H groups in total. The van der Waals surface area contributed by atoms with E-state index in [1.807, 2.05) is 0 Å². The number of hydrogen-bond acceptors (Lipinski definition) is 0. The van der Waals surface area contributed by atoms with Crippen molar-refractivity contribution in [2.75, 3.05) is 0 Å². The van der Waals surface area contributed by atoms with Crippen molar-refractivity contribution in [3.63, 3.8) is 0 Å². The van der Waals surface area contributed by atoms with Crippen LogP contribution in [0.1, 0.15) is 110 Å². The second-order valence-electron chi connectivity index (χ2n) is 9.60. The van der Waals surface area contributed by atoms with Crippen LogP contribution in [-0.2, 0) is 0 Å². The summed E-state index contributed by atoms with van der Waals surface area (Å²) in [5.41, 5.74) is 0. The molecule has 3 atom stereocenters. The van der Waals surface area contributed by atoms with Crippen molar-refractivity contribution in [2.45, 2.75) is 110 Å². The van der Waals surface area contributed by atoms with Crippen molar-refractivity contribution < 1.29 is 0 Å². The third kappa shape index (κ3) is 4.76. The molecular formula is C23H42. The first kappa shape index (κ1) is 17.8. The molecule has 0 aromatic heterocycles. The highest BCUT2D eigenvalue weighted by Crippen LogP contribution is 2.47. The van der Waals surface area contributed by atoms with E-state index in [1.165, 1.54) is 57.8 Å². The third-order valence-corrected chi connectivity index (χ3v) is 8.10. The Hall–Kier alpha value is 0. The highest BCUT2D eigenvalue weighted by Gasteiger charge is 2.37. The quantitative estimate of drug-likeness (QED) is 0.491. The molecular weight excluding hydrogens is 276 g/mol. The van der Waals surface area contributed by atoms with E-state index in [0.29, 0.717) is 0 Å². The summed E-state index contributed by atoms with van der Waals surface area (Å²) in [5.74, 6) is 6.31. The van der Waals surface area contributed by atoms with Crippen LogP contribution in [0.15, 0.2) is 0 Å². The minimum absolute atomic E-state index is 1.01. The van der Waals surface area contributed by atoms with Crippen LogP contribution in [0.3, 0.4) is 0 Å². The Balaban J connectivity index is 1.69. The molecule has 0 heteroatoms. The van der Waals surface area contributed by atoms with Gasteiger partial charge in [0, 0.05) is 0 Å². The third-order valence-electron chi connectivity index (χ3n) is 8.10. The van der Waals surface area contributed by atoms with Crippen molar-refractivity contribution in [2.24, 2.45) is 35.5 Å². The summed E-state index contributed by atoms with van der Waals surface area (Å²) in [6, 6.07) is 0. The summed E-state index contributed by atoms with van der Waals surface area (Å²) in [6.07, 6.45) is 23.0. The van der Waals surface area contributed by atoms with Crippen LogP contribution in [0.5, 0.6) is 0 Å². The summed E-state index contributed by atoms with van der Waals surface area (Å²) >= 11 is 0. The van der Waals surface area contributed by atoms with Crippen LogP contribution in [-0.4, -0.2) is 0 Å². The fourth-order valence-electron chi connectivity index (χ4n) is 6.56. The van der Waals surface area contributed by atoms with Gasteiger partial charge in [0.2, 0.25) is 0 Å². The fourth-order valence-corrected chi connectivity index (χ4v) is 6.56. The molecule has 3 fully saturated rings. The topological polar surface area (TPSA) is 0 Å². The molecule has 0 aliphatic heterocycles. The molecule has 23 heavy (non-hydrogen) atoms. The molecule has 3 aliphatic rings. The van der Waals surface area contributed by atoms with E-state index in [1.54, 1.807) is 38.5 Å². The van der Waals surface area contributed by atoms with Crippen LogP contribution >= 0.6 is 0 Å². The van der Waals surface area contributed by atoms with Gasteiger partial charge < -0.3 is 0 Å². The summed E-state index contributed by atoms with van der Waals surface area (Å²) < 4.78 is 0. The average molecular weight is 319 g/mol. The van der Waals surface area contributed by atoms with Crippen molar-refractivity contribution >= 4 is 0 Å². The highest BCUT2D eigenvalue weighted by atomic mass is 14.4. The maximum absolute atomic E-state index is 2.69. The van der Waals surface area contributed by atoms with Crippen molar-refractivity contribution in [3.05, 3.63) is 0 Å². The van der Waals surface area contributed by atoms with Crippen molar-refractivity contribution in [1.29, 1.82) is 0 Å². The Labute approximate surface area is 146 Å². The highest BCUT2D eigenvalue weighted by molar-refractivity contribution is 4.87. The standard InChI is InChI=1S/C23H42/c1-18-14-16-21(17-15-18)23-13-7-5-3-4-6-12-22(19(23)2)20-10-8-9-11-20/h18-23H,3-17H2,1-2H3. The van der Waals surface area contributed by atoms with Gasteiger partial charge in [0.1, 0.15) is 0 Å². The zero-order valence-corrected chi connectivity index (χ0v) is 16.1. The molecule has 0 nitrogen and oxygen atoms in total. The Bertz CT molecular complexity index is 319. The van der Waals surface area contributed by atoms with Gasteiger partial charge in [-0.25, -0.2) is 0 Å². The molecule has 0 spiro atoms. The molecule has 0 aromatic carbocycles. The predicted molar refractivity (Wildman–Crippen MR) is 102 cm³/mol. The van der Waals surface area contributed by atoms with Gasteiger partial charge in [-0.15, -0.1) is 0 Å². The van der Waals surface area contributed by atoms with Crippen molar-refractivity contribution in [1.82, 2.24) is 0 Å². The molecule has 0 amide bonds. The van der Waals surface area contributed by atoms with Gasteiger partial charge in [0.25, 0.3) is 0 Å². The summed E-state index contributed by atoms with van der Waals surface area (Å²) in [4.78, 5) is 0. The maximum Gasteiger partial charge on any atom is -0.0357 e. The van der Waals surface area contributed by atoms with Crippen LogP contribution in [0.2, 0.25) is 0 Å². The Kier molecular flexibility index (Phi) is 6.90. The van der Waals surface area contributed by atoms with Gasteiger partial charge in [-0.1, -0.05) is 84.5 Å². The van der Waals surface area contributed by atoms with Gasteiger partial charge in [-0.2, -0.15) is 0 Å². The average Bonchev–Trinajstić information content (AvgIpc) is 3.08. The first-order valence-electron chi connectivity index (χ1n) is 11.3. The second kappa shape index (κ2) is 8.91. The van der Waals surface area contributed by atoms with Gasteiger partial charge in [-0.3, -0.25) is 0 Å². The van der Waals surface area contributed by atoms with Crippen LogP contribution < -0.4 is 0 Å². The Morgan fingerprint density at radius 3 is 1.43 bits per heavy atom. The normalized spacial score (nSPS) is 41.7. The van der Waals surface area contributed by atoms with E-state index in [0.717, 1.165) is 35.5 Å². The van der Waals surface area contributed by atoms with E-state index in [2.05, 4.69) is 13.8 Å². The fraction of sp³-hybridized carbons (Fsp3) is 1.00. The molecule has 0 radical (unpaired) electrons. The molecule has 3 rings (SSSR count). The molecule has 3 aliphatic carbocycles. The SMILES string of the molecule is CC1CCC(C2CCCCCCCC(C3CCCC3)C2C)CC1. The predicted octanol–water partition coefficient (Wildman–Crippen LogP) is 7.62. The smallest absolute Gasteiger partial charge is 0.0357 e. The van der Waals surface area contributed by atoms with E-state index in [-0.39, 0.29) is 0 Å². The van der Waals surface area contributed by atoms with E-state index in [9.17, 15) is 0 Å². The summed E-state index contributed by atoms with van der Waals surface area (Å²) in [6.45, 7) is 5.17. The van der Waals surface area contributed by atoms with E-state index >= 15 is 0 Å². The van der Waals surface area contributed by atoms with Crippen LogP contribution in [0.25, 0.3) is 0 Å². The van der Waals surface area contributed by atoms with E-state index in [4.69, 9.17) is 0 Å². The lowest BCUT2D eigenvalue weighted by atomic mass is 9.64. The minimum Gasteiger partial charge on any atom is -0.0625 e. The van der Waals surface area contributed by atoms with Crippen LogP contribution in [0.4, 0.5) is 0 Å². The van der Waals surface area contributed by atoms with Gasteiger partial charge in [0.15, 0.2) is 0 Å². The largest absolute Gasteiger partial charge is 0.0625 e. The first-order chi connectivity index (χ1) is 11.3. The molecule has 0 aromatic rings. The van der Waals surface area contributed by atoms with E-state index < -0.39 is 0 Å². The second-order valence-corrected chi connectivity index (χ2v) is 9.60. The van der Waals surface area contributed by atoms with Gasteiger partial charge >= 0.3 is 0 Å². The molecule has 134 valence electrons. The van der Waals surface area contributed by atoms with Gasteiger partial charge in [-0.05, 0) is 61.2 Å². The molecule has 0 bridgehead atoms. The lowest BCUT2D eigenvalue weighted by Gasteiger charge is -2.42. The number of hydrogen-bond donors (Lipinski definition) is 0. The summed E-state index contributed by atoms with van der Waals surface area (Å²) in [5, 5.41) is 0. The Morgan fingerprint density at radius 1 is 0.435 bits per heavy atom. The minimum atomic E-state index is 1.01.